The van der Waals surface area contributed by atoms with Crippen molar-refractivity contribution in [2.45, 2.75) is 52.6 Å². The lowest BCUT2D eigenvalue weighted by atomic mass is 9.47. The molecule has 110 valence electrons. The molecule has 0 saturated heterocycles. The Balaban J connectivity index is 2.52. The van der Waals surface area contributed by atoms with Crippen LogP contribution in [0, 0.1) is 17.3 Å². The van der Waals surface area contributed by atoms with Gasteiger partial charge in [0.05, 0.1) is 0 Å². The molecule has 0 heterocycles. The molecule has 2 aliphatic carbocycles. The van der Waals surface area contributed by atoms with Gasteiger partial charge in [0.15, 0.2) is 11.4 Å². The van der Waals surface area contributed by atoms with Crippen LogP contribution in [0.25, 0.3) is 0 Å². The van der Waals surface area contributed by atoms with Crippen LogP contribution in [0.3, 0.4) is 0 Å². The molecular formula is C17H24O3. The van der Waals surface area contributed by atoms with Gasteiger partial charge in [0.2, 0.25) is 0 Å². The molecule has 3 nitrogen and oxygen atoms in total. The summed E-state index contributed by atoms with van der Waals surface area (Å²) in [4.78, 5) is 24.6. The minimum absolute atomic E-state index is 0.00764. The Morgan fingerprint density at radius 3 is 2.65 bits per heavy atom. The lowest BCUT2D eigenvalue weighted by Crippen LogP contribution is -2.69. The second-order valence-corrected chi connectivity index (χ2v) is 6.75. The lowest BCUT2D eigenvalue weighted by molar-refractivity contribution is -0.220. The Morgan fingerprint density at radius 1 is 1.45 bits per heavy atom. The van der Waals surface area contributed by atoms with Crippen LogP contribution in [0.2, 0.25) is 0 Å². The van der Waals surface area contributed by atoms with Gasteiger partial charge in [-0.3, -0.25) is 9.59 Å². The van der Waals surface area contributed by atoms with Crippen LogP contribution >= 0.6 is 0 Å². The van der Waals surface area contributed by atoms with Crippen LogP contribution < -0.4 is 0 Å². The summed E-state index contributed by atoms with van der Waals surface area (Å²) in [5.41, 5.74) is -0.350. The second kappa shape index (κ2) is 4.87. The Morgan fingerprint density at radius 2 is 2.10 bits per heavy atom. The van der Waals surface area contributed by atoms with Gasteiger partial charge < -0.3 is 4.74 Å². The summed E-state index contributed by atoms with van der Waals surface area (Å²) in [5, 5.41) is 0. The summed E-state index contributed by atoms with van der Waals surface area (Å²) < 4.78 is 5.65. The number of hydrogen-bond acceptors (Lipinski definition) is 3. The van der Waals surface area contributed by atoms with Gasteiger partial charge in [0, 0.05) is 24.2 Å². The average Bonchev–Trinajstić information content (AvgIpc) is 2.38. The molecule has 0 aromatic rings. The van der Waals surface area contributed by atoms with E-state index in [0.717, 1.165) is 24.8 Å². The highest BCUT2D eigenvalue weighted by atomic mass is 16.6. The smallest absolute Gasteiger partial charge is 0.303 e. The summed E-state index contributed by atoms with van der Waals surface area (Å²) in [6, 6.07) is 0. The third kappa shape index (κ3) is 2.04. The fraction of sp³-hybridized carbons (Fsp3) is 0.647. The molecule has 0 amide bonds. The van der Waals surface area contributed by atoms with Gasteiger partial charge in [-0.1, -0.05) is 45.1 Å². The Kier molecular flexibility index (Phi) is 3.66. The van der Waals surface area contributed by atoms with Crippen molar-refractivity contribution in [2.24, 2.45) is 17.3 Å². The van der Waals surface area contributed by atoms with E-state index in [-0.39, 0.29) is 29.0 Å². The molecule has 0 radical (unpaired) electrons. The maximum absolute atomic E-state index is 13.0. The maximum atomic E-state index is 13.0. The van der Waals surface area contributed by atoms with E-state index < -0.39 is 5.60 Å². The summed E-state index contributed by atoms with van der Waals surface area (Å²) in [5.74, 6) is -0.661. The Labute approximate surface area is 121 Å². The van der Waals surface area contributed by atoms with Crippen LogP contribution in [0.4, 0.5) is 0 Å². The molecule has 0 aromatic carbocycles. The highest BCUT2D eigenvalue weighted by molar-refractivity contribution is 5.95. The van der Waals surface area contributed by atoms with Crippen molar-refractivity contribution < 1.29 is 14.3 Å². The number of allylic oxidation sites excluding steroid dienone is 2. The average molecular weight is 276 g/mol. The van der Waals surface area contributed by atoms with Crippen molar-refractivity contribution in [1.29, 1.82) is 0 Å². The van der Waals surface area contributed by atoms with E-state index in [0.29, 0.717) is 0 Å². The van der Waals surface area contributed by atoms with Crippen molar-refractivity contribution >= 4 is 11.8 Å². The molecule has 2 aliphatic rings. The molecule has 0 spiro atoms. The molecule has 3 atom stereocenters. The molecule has 0 bridgehead atoms. The zero-order valence-electron chi connectivity index (χ0n) is 12.9. The van der Waals surface area contributed by atoms with Crippen LogP contribution in [0.15, 0.2) is 24.3 Å². The van der Waals surface area contributed by atoms with Gasteiger partial charge in [-0.25, -0.2) is 0 Å². The normalized spacial score (nSPS) is 36.2. The number of ether oxygens (including phenoxy) is 1. The number of fused-ring (bicyclic) bond motifs is 1. The SMILES string of the molecule is C=C1CCC=CC(C)C(=O)C2(OC(C)=O)C1CC2(C)C. The monoisotopic (exact) mass is 276 g/mol. The topological polar surface area (TPSA) is 43.4 Å². The van der Waals surface area contributed by atoms with Crippen LogP contribution in [0.5, 0.6) is 0 Å². The van der Waals surface area contributed by atoms with E-state index in [2.05, 4.69) is 6.58 Å². The van der Waals surface area contributed by atoms with E-state index in [1.165, 1.54) is 6.92 Å². The number of carbonyl (C=O) groups is 2. The number of esters is 1. The first-order valence-electron chi connectivity index (χ1n) is 7.30. The molecule has 2 rings (SSSR count). The largest absolute Gasteiger partial charge is 0.450 e. The number of ketones is 1. The van der Waals surface area contributed by atoms with Crippen LogP contribution in [0.1, 0.15) is 47.0 Å². The second-order valence-electron chi connectivity index (χ2n) is 6.75. The first-order valence-corrected chi connectivity index (χ1v) is 7.30. The van der Waals surface area contributed by atoms with Crippen LogP contribution in [-0.2, 0) is 14.3 Å². The third-order valence-corrected chi connectivity index (χ3v) is 4.84. The molecule has 1 fully saturated rings. The minimum Gasteiger partial charge on any atom is -0.450 e. The summed E-state index contributed by atoms with van der Waals surface area (Å²) >= 11 is 0. The van der Waals surface area contributed by atoms with Gasteiger partial charge in [0.25, 0.3) is 0 Å². The summed E-state index contributed by atoms with van der Waals surface area (Å²) in [6.07, 6.45) is 6.55. The zero-order valence-corrected chi connectivity index (χ0v) is 12.9. The van der Waals surface area contributed by atoms with E-state index in [9.17, 15) is 9.59 Å². The van der Waals surface area contributed by atoms with Crippen molar-refractivity contribution in [1.82, 2.24) is 0 Å². The zero-order chi connectivity index (χ0) is 15.1. The first-order chi connectivity index (χ1) is 9.22. The lowest BCUT2D eigenvalue weighted by Gasteiger charge is -2.60. The van der Waals surface area contributed by atoms with Crippen molar-refractivity contribution in [3.8, 4) is 0 Å². The number of hydrogen-bond donors (Lipinski definition) is 0. The number of Topliss-reactive ketones (excluding diaryl/α,β-unsaturated/α-hetero) is 1. The van der Waals surface area contributed by atoms with E-state index in [1.807, 2.05) is 32.9 Å². The Bertz CT molecular complexity index is 486. The van der Waals surface area contributed by atoms with Crippen LogP contribution in [-0.4, -0.2) is 17.4 Å². The van der Waals surface area contributed by atoms with Gasteiger partial charge in [-0.05, 0) is 19.3 Å². The predicted molar refractivity (Wildman–Crippen MR) is 78.1 cm³/mol. The first kappa shape index (κ1) is 15.0. The summed E-state index contributed by atoms with van der Waals surface area (Å²) in [6.45, 7) is 11.4. The van der Waals surface area contributed by atoms with Crippen molar-refractivity contribution in [3.05, 3.63) is 24.3 Å². The molecule has 20 heavy (non-hydrogen) atoms. The quantitative estimate of drug-likeness (QED) is 0.544. The predicted octanol–water partition coefficient (Wildman–Crippen LogP) is 3.45. The molecule has 0 N–H and O–H groups in total. The highest BCUT2D eigenvalue weighted by Crippen LogP contribution is 2.60. The number of rotatable bonds is 1. The minimum atomic E-state index is -1.04. The van der Waals surface area contributed by atoms with Gasteiger partial charge in [-0.15, -0.1) is 0 Å². The molecule has 3 unspecified atom stereocenters. The molecule has 1 saturated carbocycles. The van der Waals surface area contributed by atoms with Crippen molar-refractivity contribution in [3.63, 3.8) is 0 Å². The molecular weight excluding hydrogens is 252 g/mol. The van der Waals surface area contributed by atoms with Gasteiger partial charge in [-0.2, -0.15) is 0 Å². The molecule has 3 heteroatoms. The third-order valence-electron chi connectivity index (χ3n) is 4.84. The standard InChI is InChI=1S/C17H24O3/c1-11-8-6-7-9-12(2)15(19)17(20-13(3)18)14(11)10-16(17,4)5/h7,9,12,14H,1,6,8,10H2,2-5H3. The maximum Gasteiger partial charge on any atom is 0.303 e. The van der Waals surface area contributed by atoms with Crippen molar-refractivity contribution in [2.75, 3.05) is 0 Å². The van der Waals surface area contributed by atoms with E-state index in [4.69, 9.17) is 4.74 Å². The fourth-order valence-corrected chi connectivity index (χ4v) is 3.74. The van der Waals surface area contributed by atoms with E-state index in [1.54, 1.807) is 0 Å². The number of carbonyl (C=O) groups excluding carboxylic acids is 2. The molecule has 0 aliphatic heterocycles. The van der Waals surface area contributed by atoms with E-state index >= 15 is 0 Å². The van der Waals surface area contributed by atoms with Gasteiger partial charge >= 0.3 is 5.97 Å². The van der Waals surface area contributed by atoms with Gasteiger partial charge in [0.1, 0.15) is 0 Å². The summed E-state index contributed by atoms with van der Waals surface area (Å²) in [7, 11) is 0. The highest BCUT2D eigenvalue weighted by Gasteiger charge is 2.68. The fourth-order valence-electron chi connectivity index (χ4n) is 3.74. The Hall–Kier alpha value is -1.38. The molecule has 0 aromatic heterocycles.